The van der Waals surface area contributed by atoms with Gasteiger partial charge in [0.2, 0.25) is 0 Å². The molecule has 0 atom stereocenters. The normalized spacial score (nSPS) is 13.8. The van der Waals surface area contributed by atoms with Crippen molar-refractivity contribution in [2.45, 2.75) is 24.7 Å². The first-order valence-electron chi connectivity index (χ1n) is 23.0. The molecule has 11 aromatic rings. The average molecular weight is 841 g/mol. The van der Waals surface area contributed by atoms with Crippen molar-refractivity contribution in [3.63, 3.8) is 0 Å². The monoisotopic (exact) mass is 840 g/mol. The van der Waals surface area contributed by atoms with Crippen LogP contribution in [-0.2, 0) is 10.8 Å². The molecule has 310 valence electrons. The van der Waals surface area contributed by atoms with Gasteiger partial charge in [0.1, 0.15) is 0 Å². The smallest absolute Gasteiger partial charge is 0.160 e. The van der Waals surface area contributed by atoms with Crippen molar-refractivity contribution in [1.29, 1.82) is 0 Å². The topological polar surface area (TPSA) is 25.8 Å². The van der Waals surface area contributed by atoms with Gasteiger partial charge in [-0.15, -0.1) is 0 Å². The van der Waals surface area contributed by atoms with Gasteiger partial charge in [0.25, 0.3) is 0 Å². The van der Waals surface area contributed by atoms with Crippen LogP contribution in [0.3, 0.4) is 0 Å². The number of aromatic nitrogens is 2. The molecule has 13 rings (SSSR count). The van der Waals surface area contributed by atoms with Crippen molar-refractivity contribution >= 4 is 21.5 Å². The molecule has 2 aliphatic rings. The van der Waals surface area contributed by atoms with Crippen LogP contribution in [0.5, 0.6) is 0 Å². The molecule has 0 radical (unpaired) electrons. The van der Waals surface area contributed by atoms with Crippen molar-refractivity contribution in [1.82, 2.24) is 9.97 Å². The van der Waals surface area contributed by atoms with Crippen LogP contribution in [0.15, 0.2) is 231 Å². The van der Waals surface area contributed by atoms with Crippen LogP contribution >= 0.6 is 0 Å². The predicted octanol–water partition coefficient (Wildman–Crippen LogP) is 16.1. The van der Waals surface area contributed by atoms with Gasteiger partial charge in [-0.25, -0.2) is 9.97 Å². The summed E-state index contributed by atoms with van der Waals surface area (Å²) in [7, 11) is 0. The van der Waals surface area contributed by atoms with E-state index in [9.17, 15) is 0 Å². The maximum Gasteiger partial charge on any atom is 0.160 e. The fraction of sp³-hybridized carbons (Fsp3) is 0.0625. The van der Waals surface area contributed by atoms with Crippen molar-refractivity contribution in [3.8, 4) is 67.3 Å². The van der Waals surface area contributed by atoms with Crippen molar-refractivity contribution < 1.29 is 0 Å². The van der Waals surface area contributed by atoms with E-state index in [0.717, 1.165) is 33.5 Å². The third kappa shape index (κ3) is 5.68. The number of fused-ring (bicyclic) bond motifs is 8. The van der Waals surface area contributed by atoms with E-state index in [1.54, 1.807) is 0 Å². The highest BCUT2D eigenvalue weighted by molar-refractivity contribution is 6.06. The van der Waals surface area contributed by atoms with Gasteiger partial charge >= 0.3 is 0 Å². The summed E-state index contributed by atoms with van der Waals surface area (Å²) >= 11 is 0. The third-order valence-electron chi connectivity index (χ3n) is 14.6. The van der Waals surface area contributed by atoms with E-state index >= 15 is 0 Å². The quantitative estimate of drug-likeness (QED) is 0.167. The Morgan fingerprint density at radius 3 is 1.56 bits per heavy atom. The minimum atomic E-state index is -0.466. The Bertz CT molecular complexity index is 3680. The van der Waals surface area contributed by atoms with Crippen molar-refractivity contribution in [2.24, 2.45) is 0 Å². The van der Waals surface area contributed by atoms with Gasteiger partial charge in [-0.05, 0) is 119 Å². The van der Waals surface area contributed by atoms with Gasteiger partial charge in [0.15, 0.2) is 5.82 Å². The minimum absolute atomic E-state index is 0.0878. The lowest BCUT2D eigenvalue weighted by Crippen LogP contribution is -2.28. The van der Waals surface area contributed by atoms with Crippen LogP contribution in [0.2, 0.25) is 0 Å². The first kappa shape index (κ1) is 38.3. The molecule has 2 aliphatic carbocycles. The predicted molar refractivity (Wildman–Crippen MR) is 274 cm³/mol. The molecule has 1 aromatic heterocycles. The van der Waals surface area contributed by atoms with E-state index in [-0.39, 0.29) is 5.41 Å². The Labute approximate surface area is 385 Å². The Kier molecular flexibility index (Phi) is 8.51. The van der Waals surface area contributed by atoms with E-state index < -0.39 is 5.41 Å². The zero-order valence-corrected chi connectivity index (χ0v) is 36.8. The van der Waals surface area contributed by atoms with Gasteiger partial charge in [0.05, 0.1) is 16.8 Å². The highest BCUT2D eigenvalue weighted by Crippen LogP contribution is 2.57. The second-order valence-corrected chi connectivity index (χ2v) is 18.5. The number of nitrogens with zero attached hydrogens (tertiary/aromatic N) is 2. The highest BCUT2D eigenvalue weighted by atomic mass is 14.9. The first-order valence-corrected chi connectivity index (χ1v) is 23.0. The summed E-state index contributed by atoms with van der Waals surface area (Å²) < 4.78 is 0. The van der Waals surface area contributed by atoms with E-state index in [0.29, 0.717) is 5.82 Å². The summed E-state index contributed by atoms with van der Waals surface area (Å²) in [5, 5.41) is 4.91. The van der Waals surface area contributed by atoms with E-state index in [1.165, 1.54) is 82.9 Å². The number of hydrogen-bond donors (Lipinski definition) is 0. The molecule has 0 bridgehead atoms. The molecule has 0 aliphatic heterocycles. The summed E-state index contributed by atoms with van der Waals surface area (Å²) in [6, 6.07) is 84.4. The molecule has 0 saturated heterocycles. The Morgan fingerprint density at radius 2 is 0.818 bits per heavy atom. The molecule has 2 heteroatoms. The summed E-state index contributed by atoms with van der Waals surface area (Å²) in [5.41, 5.74) is 19.7. The Morgan fingerprint density at radius 1 is 0.303 bits per heavy atom. The molecule has 1 heterocycles. The van der Waals surface area contributed by atoms with Gasteiger partial charge in [-0.1, -0.05) is 214 Å². The maximum atomic E-state index is 5.36. The molecule has 0 fully saturated rings. The van der Waals surface area contributed by atoms with Crippen LogP contribution in [-0.4, -0.2) is 9.97 Å². The lowest BCUT2D eigenvalue weighted by Gasteiger charge is -2.33. The van der Waals surface area contributed by atoms with Crippen LogP contribution < -0.4 is 0 Å². The van der Waals surface area contributed by atoms with Gasteiger partial charge < -0.3 is 0 Å². The van der Waals surface area contributed by atoms with Gasteiger partial charge in [-0.3, -0.25) is 0 Å². The summed E-state index contributed by atoms with van der Waals surface area (Å²) in [6.07, 6.45) is 0. The highest BCUT2D eigenvalue weighted by Gasteiger charge is 2.46. The largest absolute Gasteiger partial charge is 0.228 e. The average Bonchev–Trinajstić information content (AvgIpc) is 3.80. The number of hydrogen-bond acceptors (Lipinski definition) is 2. The summed E-state index contributed by atoms with van der Waals surface area (Å²) in [4.78, 5) is 10.7. The van der Waals surface area contributed by atoms with E-state index in [1.807, 2.05) is 6.07 Å². The zero-order valence-electron chi connectivity index (χ0n) is 36.8. The molecule has 66 heavy (non-hydrogen) atoms. The minimum Gasteiger partial charge on any atom is -0.228 e. The molecular formula is C64H44N2. The molecule has 0 unspecified atom stereocenters. The van der Waals surface area contributed by atoms with Crippen LogP contribution in [0.25, 0.3) is 88.8 Å². The summed E-state index contributed by atoms with van der Waals surface area (Å²) in [5.74, 6) is 0.701. The second-order valence-electron chi connectivity index (χ2n) is 18.5. The molecule has 0 amide bonds. The van der Waals surface area contributed by atoms with Crippen LogP contribution in [0.1, 0.15) is 47.2 Å². The number of rotatable bonds is 6. The molecule has 10 aromatic carbocycles. The fourth-order valence-corrected chi connectivity index (χ4v) is 11.4. The fourth-order valence-electron chi connectivity index (χ4n) is 11.4. The molecule has 2 nitrogen and oxygen atoms in total. The Balaban J connectivity index is 0.974. The summed E-state index contributed by atoms with van der Waals surface area (Å²) in [6.45, 7) is 4.72. The molecule has 0 saturated carbocycles. The third-order valence-corrected chi connectivity index (χ3v) is 14.6. The standard InChI is InChI=1S/C64H44N2/c1-63(2)56-34-30-44(37-54(56)55-36-42-20-12-13-21-43(42)39-59(55)63)48-32-33-52(50-27-15-14-26-49(48)50)61-40-60(65-62(66-61)41-18-6-3-7-19-41)45-31-35-58-53(38-45)51-28-16-17-29-57(51)64(58,46-22-8-4-9-23-46)47-24-10-5-11-25-47/h3-40H,1-2H3. The van der Waals surface area contributed by atoms with Gasteiger partial charge in [0, 0.05) is 22.1 Å². The van der Waals surface area contributed by atoms with Gasteiger partial charge in [-0.2, -0.15) is 0 Å². The zero-order chi connectivity index (χ0) is 44.0. The lowest BCUT2D eigenvalue weighted by atomic mass is 9.67. The maximum absolute atomic E-state index is 5.36. The van der Waals surface area contributed by atoms with E-state index in [4.69, 9.17) is 9.97 Å². The van der Waals surface area contributed by atoms with E-state index in [2.05, 4.69) is 238 Å². The second kappa shape index (κ2) is 14.7. The molecule has 0 N–H and O–H groups in total. The van der Waals surface area contributed by atoms with Crippen LogP contribution in [0.4, 0.5) is 0 Å². The molecular weight excluding hydrogens is 797 g/mol. The number of benzene rings is 10. The first-order chi connectivity index (χ1) is 32.5. The molecule has 0 spiro atoms. The Hall–Kier alpha value is -8.20. The lowest BCUT2D eigenvalue weighted by molar-refractivity contribution is 0.661. The SMILES string of the molecule is CC1(C)c2ccc(-c3ccc(-c4cc(-c5ccc6c(c5)-c5ccccc5C6(c5ccccc5)c5ccccc5)nc(-c5ccccc5)n4)c4ccccc34)cc2-c2cc3ccccc3cc21. The van der Waals surface area contributed by atoms with Crippen LogP contribution in [0, 0.1) is 0 Å². The van der Waals surface area contributed by atoms with Crippen molar-refractivity contribution in [2.75, 3.05) is 0 Å². The van der Waals surface area contributed by atoms with Crippen molar-refractivity contribution in [3.05, 3.63) is 264 Å².